The van der Waals surface area contributed by atoms with Crippen LogP contribution in [-0.2, 0) is 33.9 Å². The van der Waals surface area contributed by atoms with E-state index >= 15 is 0 Å². The van der Waals surface area contributed by atoms with Crippen molar-refractivity contribution in [2.75, 3.05) is 19.8 Å². The maximum absolute atomic E-state index is 13.6. The molecule has 0 spiro atoms. The van der Waals surface area contributed by atoms with Crippen molar-refractivity contribution in [1.29, 1.82) is 0 Å². The Morgan fingerprint density at radius 2 is 1.75 bits per heavy atom. The average molecular weight is 428 g/mol. The van der Waals surface area contributed by atoms with Crippen molar-refractivity contribution in [3.05, 3.63) is 0 Å². The number of rotatable bonds is 8. The number of hydrogen-bond acceptors (Lipinski definition) is 7. The second-order valence-electron chi connectivity index (χ2n) is 7.57. The molecule has 8 nitrogen and oxygen atoms in total. The average Bonchev–Trinajstić information content (AvgIpc) is 2.59. The fourth-order valence-corrected chi connectivity index (χ4v) is 3.81. The molecule has 1 heterocycles. The Balaban J connectivity index is 2.01. The van der Waals surface area contributed by atoms with Crippen LogP contribution < -0.4 is 0 Å². The van der Waals surface area contributed by atoms with E-state index in [0.717, 1.165) is 6.42 Å². The Kier molecular flexibility index (Phi) is 7.03. The normalized spacial score (nSPS) is 26.0. The number of esters is 2. The van der Waals surface area contributed by atoms with Crippen molar-refractivity contribution in [3.8, 4) is 0 Å². The van der Waals surface area contributed by atoms with Gasteiger partial charge in [-0.2, -0.15) is 17.2 Å². The minimum Gasteiger partial charge on any atom is -0.465 e. The molecule has 0 aromatic carbocycles. The van der Waals surface area contributed by atoms with Crippen molar-refractivity contribution < 1.29 is 45.6 Å². The van der Waals surface area contributed by atoms with Gasteiger partial charge in [0.15, 0.2) is 6.10 Å². The van der Waals surface area contributed by atoms with E-state index in [1.54, 1.807) is 0 Å². The fraction of sp³-hybridized carbons (Fsp3) is 0.882. The predicted octanol–water partition coefficient (Wildman–Crippen LogP) is 2.17. The van der Waals surface area contributed by atoms with Gasteiger partial charge in [-0.3, -0.25) is 14.1 Å². The quantitative estimate of drug-likeness (QED) is 0.462. The van der Waals surface area contributed by atoms with Gasteiger partial charge in [0.2, 0.25) is 0 Å². The SMILES string of the molecule is CCC1(COC(=O)C2CCCCC2C(=O)OC(C)C(F)(F)S(=O)(=O)O)COC1. The maximum atomic E-state index is 13.6. The highest BCUT2D eigenvalue weighted by atomic mass is 32.2. The van der Waals surface area contributed by atoms with Gasteiger partial charge in [0.1, 0.15) is 6.61 Å². The first-order valence-corrected chi connectivity index (χ1v) is 10.7. The summed E-state index contributed by atoms with van der Waals surface area (Å²) in [4.78, 5) is 24.9. The molecular formula is C17H26F2O8S. The molecule has 1 aliphatic heterocycles. The number of alkyl halides is 2. The summed E-state index contributed by atoms with van der Waals surface area (Å²) in [6.07, 6.45) is 0.215. The number of carbonyl (C=O) groups is 2. The van der Waals surface area contributed by atoms with Crippen LogP contribution >= 0.6 is 0 Å². The molecule has 2 rings (SSSR count). The van der Waals surface area contributed by atoms with Crippen LogP contribution in [0.2, 0.25) is 0 Å². The summed E-state index contributed by atoms with van der Waals surface area (Å²) in [5, 5.41) is -4.65. The Morgan fingerprint density at radius 1 is 1.21 bits per heavy atom. The van der Waals surface area contributed by atoms with Gasteiger partial charge < -0.3 is 14.2 Å². The Hall–Kier alpha value is -1.33. The van der Waals surface area contributed by atoms with Crippen molar-refractivity contribution in [2.24, 2.45) is 17.3 Å². The van der Waals surface area contributed by atoms with Crippen LogP contribution in [0.25, 0.3) is 0 Å². The monoisotopic (exact) mass is 428 g/mol. The summed E-state index contributed by atoms with van der Waals surface area (Å²) < 4.78 is 72.6. The van der Waals surface area contributed by atoms with Gasteiger partial charge in [-0.1, -0.05) is 19.8 Å². The van der Waals surface area contributed by atoms with E-state index in [1.807, 2.05) is 6.92 Å². The van der Waals surface area contributed by atoms with Crippen LogP contribution in [0.4, 0.5) is 8.78 Å². The number of ether oxygens (including phenoxy) is 3. The number of hydrogen-bond donors (Lipinski definition) is 1. The van der Waals surface area contributed by atoms with E-state index in [-0.39, 0.29) is 18.4 Å². The van der Waals surface area contributed by atoms with Gasteiger partial charge in [-0.05, 0) is 26.2 Å². The molecule has 1 saturated heterocycles. The highest BCUT2D eigenvalue weighted by Gasteiger charge is 2.53. The van der Waals surface area contributed by atoms with Crippen LogP contribution in [0.3, 0.4) is 0 Å². The summed E-state index contributed by atoms with van der Waals surface area (Å²) in [6.45, 7) is 3.74. The first-order valence-electron chi connectivity index (χ1n) is 9.23. The molecule has 1 N–H and O–H groups in total. The highest BCUT2D eigenvalue weighted by Crippen LogP contribution is 2.36. The van der Waals surface area contributed by atoms with E-state index in [9.17, 15) is 26.8 Å². The summed E-state index contributed by atoms with van der Waals surface area (Å²) in [5.41, 5.74) is -0.230. The highest BCUT2D eigenvalue weighted by molar-refractivity contribution is 7.86. The molecule has 0 aromatic heterocycles. The van der Waals surface area contributed by atoms with Crippen LogP contribution in [0, 0.1) is 17.3 Å². The Morgan fingerprint density at radius 3 is 2.18 bits per heavy atom. The lowest BCUT2D eigenvalue weighted by Gasteiger charge is -2.40. The fourth-order valence-electron chi connectivity index (χ4n) is 3.35. The molecule has 2 aliphatic rings. The summed E-state index contributed by atoms with van der Waals surface area (Å²) in [5.74, 6) is -3.55. The number of halogens is 2. The third kappa shape index (κ3) is 4.80. The van der Waals surface area contributed by atoms with Crippen LogP contribution in [0.5, 0.6) is 0 Å². The second-order valence-corrected chi connectivity index (χ2v) is 9.06. The molecule has 1 aliphatic carbocycles. The van der Waals surface area contributed by atoms with Crippen LogP contribution in [0.1, 0.15) is 46.0 Å². The molecule has 1 saturated carbocycles. The summed E-state index contributed by atoms with van der Waals surface area (Å²) in [7, 11) is -5.75. The molecule has 0 bridgehead atoms. The topological polar surface area (TPSA) is 116 Å². The maximum Gasteiger partial charge on any atom is 0.405 e. The van der Waals surface area contributed by atoms with E-state index < -0.39 is 45.3 Å². The largest absolute Gasteiger partial charge is 0.465 e. The van der Waals surface area contributed by atoms with Crippen molar-refractivity contribution >= 4 is 22.1 Å². The summed E-state index contributed by atoms with van der Waals surface area (Å²) in [6, 6.07) is 0. The third-order valence-electron chi connectivity index (χ3n) is 5.57. The first-order chi connectivity index (χ1) is 12.9. The van der Waals surface area contributed by atoms with Crippen molar-refractivity contribution in [1.82, 2.24) is 0 Å². The Bertz CT molecular complexity index is 684. The lowest BCUT2D eigenvalue weighted by Crippen LogP contribution is -2.47. The molecule has 0 amide bonds. The molecule has 11 heteroatoms. The van der Waals surface area contributed by atoms with Gasteiger partial charge in [0.05, 0.1) is 30.5 Å². The zero-order valence-electron chi connectivity index (χ0n) is 15.9. The zero-order valence-corrected chi connectivity index (χ0v) is 16.7. The van der Waals surface area contributed by atoms with Gasteiger partial charge >= 0.3 is 27.3 Å². The Labute approximate surface area is 162 Å². The smallest absolute Gasteiger partial charge is 0.405 e. The molecule has 0 aromatic rings. The van der Waals surface area contributed by atoms with E-state index in [2.05, 4.69) is 4.74 Å². The third-order valence-corrected chi connectivity index (χ3v) is 6.59. The van der Waals surface area contributed by atoms with E-state index in [4.69, 9.17) is 14.0 Å². The minimum absolute atomic E-state index is 0.151. The predicted molar refractivity (Wildman–Crippen MR) is 92.0 cm³/mol. The van der Waals surface area contributed by atoms with Crippen molar-refractivity contribution in [2.45, 2.75) is 57.3 Å². The number of carbonyl (C=O) groups excluding carboxylic acids is 2. The van der Waals surface area contributed by atoms with Gasteiger partial charge in [0, 0.05) is 0 Å². The van der Waals surface area contributed by atoms with Gasteiger partial charge in [-0.15, -0.1) is 0 Å². The van der Waals surface area contributed by atoms with Crippen LogP contribution in [0.15, 0.2) is 0 Å². The molecule has 162 valence electrons. The standard InChI is InChI=1S/C17H26F2O8S/c1-3-16(8-25-9-16)10-26-14(20)12-6-4-5-7-13(12)15(21)27-11(2)17(18,19)28(22,23)24/h11-13H,3-10H2,1-2H3,(H,22,23,24). The second kappa shape index (κ2) is 8.58. The lowest BCUT2D eigenvalue weighted by atomic mass is 9.79. The van der Waals surface area contributed by atoms with Gasteiger partial charge in [0.25, 0.3) is 0 Å². The minimum atomic E-state index is -5.75. The molecule has 0 radical (unpaired) electrons. The zero-order chi connectivity index (χ0) is 21.2. The van der Waals surface area contributed by atoms with E-state index in [0.29, 0.717) is 39.4 Å². The van der Waals surface area contributed by atoms with Crippen LogP contribution in [-0.4, -0.2) is 56.1 Å². The molecule has 28 heavy (non-hydrogen) atoms. The van der Waals surface area contributed by atoms with Gasteiger partial charge in [-0.25, -0.2) is 0 Å². The lowest BCUT2D eigenvalue weighted by molar-refractivity contribution is -0.182. The van der Waals surface area contributed by atoms with E-state index in [1.165, 1.54) is 0 Å². The molecule has 3 unspecified atom stereocenters. The molecule has 3 atom stereocenters. The van der Waals surface area contributed by atoms with Crippen molar-refractivity contribution in [3.63, 3.8) is 0 Å². The molecule has 2 fully saturated rings. The summed E-state index contributed by atoms with van der Waals surface area (Å²) >= 11 is 0. The first kappa shape index (κ1) is 23.0. The molecular weight excluding hydrogens is 402 g/mol.